The van der Waals surface area contributed by atoms with Crippen LogP contribution in [0.4, 0.5) is 0 Å². The summed E-state index contributed by atoms with van der Waals surface area (Å²) < 4.78 is 28.4. The minimum absolute atomic E-state index is 0.0137. The Balaban J connectivity index is 1.54. The summed E-state index contributed by atoms with van der Waals surface area (Å²) in [5, 5.41) is 4.17. The third-order valence-electron chi connectivity index (χ3n) is 5.33. The molecule has 0 amide bonds. The van der Waals surface area contributed by atoms with Crippen molar-refractivity contribution in [2.75, 3.05) is 13.1 Å². The van der Waals surface area contributed by atoms with Crippen LogP contribution in [0.3, 0.4) is 0 Å². The van der Waals surface area contributed by atoms with Crippen molar-refractivity contribution < 1.29 is 8.42 Å². The Bertz CT molecular complexity index is 1030. The van der Waals surface area contributed by atoms with Crippen LogP contribution in [0.25, 0.3) is 0 Å². The molecule has 0 fully saturated rings. The van der Waals surface area contributed by atoms with Crippen LogP contribution in [-0.4, -0.2) is 26.4 Å². The van der Waals surface area contributed by atoms with Gasteiger partial charge in [0.1, 0.15) is 0 Å². The lowest BCUT2D eigenvalue weighted by Gasteiger charge is -2.35. The number of hydrogen-bond donors (Lipinski definition) is 1. The molecule has 146 valence electrons. The van der Waals surface area contributed by atoms with Gasteiger partial charge >= 0.3 is 0 Å². The topological polar surface area (TPSA) is 49.4 Å². The van der Waals surface area contributed by atoms with Crippen LogP contribution in [-0.2, 0) is 23.0 Å². The number of benzene rings is 2. The van der Waals surface area contributed by atoms with Crippen LogP contribution < -0.4 is 4.72 Å². The van der Waals surface area contributed by atoms with Gasteiger partial charge in [-0.1, -0.05) is 42.0 Å². The summed E-state index contributed by atoms with van der Waals surface area (Å²) in [5.74, 6) is 0. The first kappa shape index (κ1) is 19.3. The molecule has 0 unspecified atom stereocenters. The van der Waals surface area contributed by atoms with Gasteiger partial charge in [0, 0.05) is 25.7 Å². The summed E-state index contributed by atoms with van der Waals surface area (Å²) in [5.41, 5.74) is 4.93. The third kappa shape index (κ3) is 4.20. The Morgan fingerprint density at radius 3 is 2.54 bits per heavy atom. The van der Waals surface area contributed by atoms with Crippen LogP contribution in [0, 0.1) is 6.92 Å². The predicted molar refractivity (Wildman–Crippen MR) is 114 cm³/mol. The molecule has 0 saturated carbocycles. The zero-order chi connectivity index (χ0) is 19.6. The molecule has 0 spiro atoms. The van der Waals surface area contributed by atoms with Gasteiger partial charge < -0.3 is 0 Å². The van der Waals surface area contributed by atoms with Gasteiger partial charge in [-0.15, -0.1) is 0 Å². The molecular formula is C22H24N2O2S2. The molecular weight excluding hydrogens is 388 g/mol. The average Bonchev–Trinajstić information content (AvgIpc) is 3.23. The Morgan fingerprint density at radius 2 is 1.82 bits per heavy atom. The molecule has 0 saturated heterocycles. The molecule has 0 aliphatic carbocycles. The first-order chi connectivity index (χ1) is 13.5. The number of rotatable bonds is 6. The molecule has 1 aliphatic rings. The highest BCUT2D eigenvalue weighted by Crippen LogP contribution is 2.29. The molecule has 1 aromatic heterocycles. The average molecular weight is 413 g/mol. The quantitative estimate of drug-likeness (QED) is 0.662. The van der Waals surface area contributed by atoms with Crippen LogP contribution in [0.2, 0.25) is 0 Å². The Labute approximate surface area is 170 Å². The summed E-state index contributed by atoms with van der Waals surface area (Å²) in [6.07, 6.45) is 0.988. The maximum absolute atomic E-state index is 12.8. The summed E-state index contributed by atoms with van der Waals surface area (Å²) in [6.45, 7) is 4.06. The van der Waals surface area contributed by atoms with Crippen LogP contribution in [0.1, 0.15) is 28.3 Å². The number of sulfonamides is 1. The van der Waals surface area contributed by atoms with Gasteiger partial charge in [-0.2, -0.15) is 11.3 Å². The zero-order valence-electron chi connectivity index (χ0n) is 15.8. The van der Waals surface area contributed by atoms with E-state index in [9.17, 15) is 8.42 Å². The monoisotopic (exact) mass is 412 g/mol. The second-order valence-electron chi connectivity index (χ2n) is 7.23. The van der Waals surface area contributed by atoms with Crippen molar-refractivity contribution in [2.24, 2.45) is 0 Å². The van der Waals surface area contributed by atoms with Gasteiger partial charge in [0.2, 0.25) is 10.0 Å². The zero-order valence-corrected chi connectivity index (χ0v) is 17.5. The molecule has 1 N–H and O–H groups in total. The number of hydrogen-bond acceptors (Lipinski definition) is 4. The lowest BCUT2D eigenvalue weighted by atomic mass is 9.97. The highest BCUT2D eigenvalue weighted by molar-refractivity contribution is 7.89. The molecule has 4 nitrogen and oxygen atoms in total. The Hall–Kier alpha value is -1.99. The van der Waals surface area contributed by atoms with E-state index in [1.807, 2.05) is 19.1 Å². The third-order valence-corrected chi connectivity index (χ3v) is 7.47. The van der Waals surface area contributed by atoms with E-state index in [1.165, 1.54) is 11.1 Å². The van der Waals surface area contributed by atoms with Crippen molar-refractivity contribution in [2.45, 2.75) is 30.8 Å². The lowest BCUT2D eigenvalue weighted by molar-refractivity contribution is 0.181. The fraction of sp³-hybridized carbons (Fsp3) is 0.273. The normalized spacial score (nSPS) is 15.9. The van der Waals surface area contributed by atoms with Crippen LogP contribution >= 0.6 is 11.3 Å². The van der Waals surface area contributed by atoms with Crippen LogP contribution in [0.15, 0.2) is 70.3 Å². The summed E-state index contributed by atoms with van der Waals surface area (Å²) in [7, 11) is -3.54. The van der Waals surface area contributed by atoms with Crippen molar-refractivity contribution in [1.29, 1.82) is 0 Å². The van der Waals surface area contributed by atoms with E-state index in [2.05, 4.69) is 50.7 Å². The fourth-order valence-corrected chi connectivity index (χ4v) is 5.44. The molecule has 2 aromatic carbocycles. The molecule has 0 radical (unpaired) electrons. The van der Waals surface area contributed by atoms with Crippen molar-refractivity contribution in [3.63, 3.8) is 0 Å². The van der Waals surface area contributed by atoms with Gasteiger partial charge in [-0.3, -0.25) is 4.90 Å². The van der Waals surface area contributed by atoms with Crippen molar-refractivity contribution in [3.05, 3.63) is 87.6 Å². The second-order valence-corrected chi connectivity index (χ2v) is 9.77. The van der Waals surface area contributed by atoms with E-state index in [0.29, 0.717) is 11.4 Å². The molecule has 6 heteroatoms. The Morgan fingerprint density at radius 1 is 1.07 bits per heavy atom. The molecule has 28 heavy (non-hydrogen) atoms. The molecule has 4 rings (SSSR count). The number of fused-ring (bicyclic) bond motifs is 1. The molecule has 1 aliphatic heterocycles. The van der Waals surface area contributed by atoms with Gasteiger partial charge in [0.05, 0.1) is 4.90 Å². The lowest BCUT2D eigenvalue weighted by Crippen LogP contribution is -2.40. The minimum Gasteiger partial charge on any atom is -0.290 e. The van der Waals surface area contributed by atoms with E-state index in [1.54, 1.807) is 23.5 Å². The Kier molecular flexibility index (Phi) is 5.64. The SMILES string of the molecule is Cc1ccc(S(=O)(=O)NC[C@H](c2ccsc2)N2CCc3ccccc3C2)cc1. The number of aryl methyl sites for hydroxylation is 1. The van der Waals surface area contributed by atoms with Crippen LogP contribution in [0.5, 0.6) is 0 Å². The number of thiophene rings is 1. The van der Waals surface area contributed by atoms with Crippen molar-refractivity contribution >= 4 is 21.4 Å². The molecule has 3 aromatic rings. The van der Waals surface area contributed by atoms with E-state index in [-0.39, 0.29) is 6.04 Å². The van der Waals surface area contributed by atoms with E-state index in [4.69, 9.17) is 0 Å². The number of nitrogens with one attached hydrogen (secondary N) is 1. The standard InChI is InChI=1S/C22H24N2O2S2/c1-17-6-8-21(9-7-17)28(25,26)23-14-22(20-11-13-27-16-20)24-12-10-18-4-2-3-5-19(18)15-24/h2-9,11,13,16,22-23H,10,12,14-15H2,1H3/t22-/m1/s1. The predicted octanol–water partition coefficient (Wildman–Crippen LogP) is 4.13. The minimum atomic E-state index is -3.54. The molecule has 0 bridgehead atoms. The molecule has 2 heterocycles. The largest absolute Gasteiger partial charge is 0.290 e. The van der Waals surface area contributed by atoms with E-state index >= 15 is 0 Å². The van der Waals surface area contributed by atoms with Gasteiger partial charge in [-0.25, -0.2) is 13.1 Å². The second kappa shape index (κ2) is 8.17. The maximum Gasteiger partial charge on any atom is 0.240 e. The fourth-order valence-electron chi connectivity index (χ4n) is 3.70. The number of nitrogens with zero attached hydrogens (tertiary/aromatic N) is 1. The van der Waals surface area contributed by atoms with E-state index in [0.717, 1.165) is 30.6 Å². The summed E-state index contributed by atoms with van der Waals surface area (Å²) in [4.78, 5) is 2.69. The van der Waals surface area contributed by atoms with Gasteiger partial charge in [0.25, 0.3) is 0 Å². The van der Waals surface area contributed by atoms with Gasteiger partial charge in [-0.05, 0) is 59.0 Å². The smallest absolute Gasteiger partial charge is 0.240 e. The maximum atomic E-state index is 12.8. The van der Waals surface area contributed by atoms with Crippen molar-refractivity contribution in [1.82, 2.24) is 9.62 Å². The highest BCUT2D eigenvalue weighted by Gasteiger charge is 2.26. The van der Waals surface area contributed by atoms with Gasteiger partial charge in [0.15, 0.2) is 0 Å². The summed E-state index contributed by atoms with van der Waals surface area (Å²) >= 11 is 1.64. The first-order valence-corrected chi connectivity index (χ1v) is 11.8. The van der Waals surface area contributed by atoms with Crippen molar-refractivity contribution in [3.8, 4) is 0 Å². The molecule has 1 atom stereocenters. The highest BCUT2D eigenvalue weighted by atomic mass is 32.2. The van der Waals surface area contributed by atoms with E-state index < -0.39 is 10.0 Å². The summed E-state index contributed by atoms with van der Waals surface area (Å²) in [6, 6.07) is 17.6. The first-order valence-electron chi connectivity index (χ1n) is 9.42.